The van der Waals surface area contributed by atoms with Crippen molar-refractivity contribution in [3.63, 3.8) is 0 Å². The molecule has 0 radical (unpaired) electrons. The van der Waals surface area contributed by atoms with Crippen molar-refractivity contribution in [3.05, 3.63) is 48.7 Å². The third-order valence-corrected chi connectivity index (χ3v) is 4.40. The van der Waals surface area contributed by atoms with Crippen LogP contribution in [0.1, 0.15) is 12.0 Å². The fourth-order valence-corrected chi connectivity index (χ4v) is 3.05. The summed E-state index contributed by atoms with van der Waals surface area (Å²) >= 11 is 0. The SMILES string of the molecule is Nc1ncnc2c1ncn2CCC(=O)NCCc1c[nH]c2ccccc12. The van der Waals surface area contributed by atoms with Crippen LogP contribution in [0.15, 0.2) is 43.1 Å². The molecule has 0 saturated carbocycles. The van der Waals surface area contributed by atoms with Crippen LogP contribution in [-0.2, 0) is 17.8 Å². The number of aryl methyl sites for hydroxylation is 1. The Labute approximate surface area is 149 Å². The van der Waals surface area contributed by atoms with E-state index >= 15 is 0 Å². The number of fused-ring (bicyclic) bond motifs is 2. The molecule has 8 nitrogen and oxygen atoms in total. The fraction of sp³-hybridized carbons (Fsp3) is 0.222. The molecule has 4 aromatic rings. The Bertz CT molecular complexity index is 1070. The molecule has 0 aliphatic carbocycles. The van der Waals surface area contributed by atoms with Gasteiger partial charge in [-0.2, -0.15) is 0 Å². The Hall–Kier alpha value is -3.42. The van der Waals surface area contributed by atoms with Crippen molar-refractivity contribution in [3.8, 4) is 0 Å². The van der Waals surface area contributed by atoms with Crippen molar-refractivity contribution >= 4 is 33.8 Å². The van der Waals surface area contributed by atoms with Gasteiger partial charge in [-0.15, -0.1) is 0 Å². The minimum Gasteiger partial charge on any atom is -0.382 e. The lowest BCUT2D eigenvalue weighted by molar-refractivity contribution is -0.121. The minimum atomic E-state index is -0.00582. The lowest BCUT2D eigenvalue weighted by Gasteiger charge is -2.06. The van der Waals surface area contributed by atoms with Crippen LogP contribution in [0.5, 0.6) is 0 Å². The number of H-pyrrole nitrogens is 1. The second-order valence-corrected chi connectivity index (χ2v) is 6.08. The molecule has 8 heteroatoms. The number of para-hydroxylation sites is 1. The van der Waals surface area contributed by atoms with E-state index < -0.39 is 0 Å². The van der Waals surface area contributed by atoms with Gasteiger partial charge in [0.2, 0.25) is 5.91 Å². The van der Waals surface area contributed by atoms with Gasteiger partial charge in [-0.1, -0.05) is 18.2 Å². The highest BCUT2D eigenvalue weighted by Gasteiger charge is 2.09. The molecule has 0 saturated heterocycles. The maximum absolute atomic E-state index is 12.1. The van der Waals surface area contributed by atoms with Crippen LogP contribution in [0.2, 0.25) is 0 Å². The average Bonchev–Trinajstić information content (AvgIpc) is 3.25. The van der Waals surface area contributed by atoms with Gasteiger partial charge in [-0.25, -0.2) is 15.0 Å². The molecule has 0 spiro atoms. The van der Waals surface area contributed by atoms with Crippen LogP contribution >= 0.6 is 0 Å². The monoisotopic (exact) mass is 349 g/mol. The van der Waals surface area contributed by atoms with E-state index in [-0.39, 0.29) is 5.91 Å². The normalized spacial score (nSPS) is 11.2. The van der Waals surface area contributed by atoms with E-state index in [1.807, 2.05) is 29.0 Å². The first-order valence-corrected chi connectivity index (χ1v) is 8.45. The van der Waals surface area contributed by atoms with Crippen molar-refractivity contribution in [2.24, 2.45) is 0 Å². The quantitative estimate of drug-likeness (QED) is 0.489. The van der Waals surface area contributed by atoms with Gasteiger partial charge in [0.25, 0.3) is 0 Å². The van der Waals surface area contributed by atoms with Crippen molar-refractivity contribution < 1.29 is 4.79 Å². The third-order valence-electron chi connectivity index (χ3n) is 4.40. The molecule has 26 heavy (non-hydrogen) atoms. The van der Waals surface area contributed by atoms with Gasteiger partial charge < -0.3 is 20.6 Å². The number of hydrogen-bond donors (Lipinski definition) is 3. The first kappa shape index (κ1) is 16.1. The van der Waals surface area contributed by atoms with Crippen LogP contribution in [0.4, 0.5) is 5.82 Å². The van der Waals surface area contributed by atoms with E-state index in [1.54, 1.807) is 6.33 Å². The number of amides is 1. The van der Waals surface area contributed by atoms with Gasteiger partial charge >= 0.3 is 0 Å². The highest BCUT2D eigenvalue weighted by atomic mass is 16.1. The summed E-state index contributed by atoms with van der Waals surface area (Å²) in [5, 5.41) is 4.16. The van der Waals surface area contributed by atoms with Gasteiger partial charge in [0, 0.05) is 36.6 Å². The number of aromatic amines is 1. The van der Waals surface area contributed by atoms with Gasteiger partial charge in [0.05, 0.1) is 6.33 Å². The largest absolute Gasteiger partial charge is 0.382 e. The number of carbonyl (C=O) groups excluding carboxylic acids is 1. The number of benzene rings is 1. The summed E-state index contributed by atoms with van der Waals surface area (Å²) in [5.41, 5.74) is 9.29. The summed E-state index contributed by atoms with van der Waals surface area (Å²) in [6.07, 6.45) is 6.17. The van der Waals surface area contributed by atoms with Crippen molar-refractivity contribution in [1.82, 2.24) is 29.8 Å². The molecule has 3 heterocycles. The lowest BCUT2D eigenvalue weighted by Crippen LogP contribution is -2.26. The third kappa shape index (κ3) is 3.08. The molecule has 4 rings (SSSR count). The zero-order valence-corrected chi connectivity index (χ0v) is 14.1. The highest BCUT2D eigenvalue weighted by Crippen LogP contribution is 2.17. The zero-order valence-electron chi connectivity index (χ0n) is 14.1. The summed E-state index contributed by atoms with van der Waals surface area (Å²) < 4.78 is 1.81. The Morgan fingerprint density at radius 2 is 2.12 bits per heavy atom. The number of anilines is 1. The van der Waals surface area contributed by atoms with Crippen LogP contribution in [0, 0.1) is 0 Å². The number of aromatic nitrogens is 5. The van der Waals surface area contributed by atoms with E-state index in [2.05, 4.69) is 31.3 Å². The van der Waals surface area contributed by atoms with Crippen LogP contribution in [0.25, 0.3) is 22.1 Å². The fourth-order valence-electron chi connectivity index (χ4n) is 3.05. The van der Waals surface area contributed by atoms with Crippen LogP contribution < -0.4 is 11.1 Å². The summed E-state index contributed by atoms with van der Waals surface area (Å²) in [7, 11) is 0. The van der Waals surface area contributed by atoms with Crippen LogP contribution in [0.3, 0.4) is 0 Å². The van der Waals surface area contributed by atoms with E-state index in [0.29, 0.717) is 36.5 Å². The van der Waals surface area contributed by atoms with E-state index in [4.69, 9.17) is 5.73 Å². The van der Waals surface area contributed by atoms with Crippen LogP contribution in [-0.4, -0.2) is 37.0 Å². The zero-order chi connectivity index (χ0) is 17.9. The molecule has 4 N–H and O–H groups in total. The topological polar surface area (TPSA) is 115 Å². The molecule has 0 aliphatic rings. The maximum atomic E-state index is 12.1. The smallest absolute Gasteiger partial charge is 0.221 e. The Kier molecular flexibility index (Phi) is 4.22. The van der Waals surface area contributed by atoms with Gasteiger partial charge in [-0.3, -0.25) is 4.79 Å². The Morgan fingerprint density at radius 1 is 1.23 bits per heavy atom. The molecule has 0 aliphatic heterocycles. The minimum absolute atomic E-state index is 0.00582. The molecule has 0 atom stereocenters. The number of nitrogens with zero attached hydrogens (tertiary/aromatic N) is 4. The second kappa shape index (κ2) is 6.83. The van der Waals surface area contributed by atoms with Gasteiger partial charge in [-0.05, 0) is 18.1 Å². The number of hydrogen-bond acceptors (Lipinski definition) is 5. The molecular formula is C18H19N7O. The average molecular weight is 349 g/mol. The molecule has 1 aromatic carbocycles. The first-order chi connectivity index (χ1) is 12.7. The molecule has 132 valence electrons. The van der Waals surface area contributed by atoms with Gasteiger partial charge in [0.1, 0.15) is 11.8 Å². The number of nitrogen functional groups attached to an aromatic ring is 1. The lowest BCUT2D eigenvalue weighted by atomic mass is 10.1. The number of carbonyl (C=O) groups is 1. The van der Waals surface area contributed by atoms with E-state index in [1.165, 1.54) is 17.3 Å². The number of rotatable bonds is 6. The second-order valence-electron chi connectivity index (χ2n) is 6.08. The molecule has 0 unspecified atom stereocenters. The summed E-state index contributed by atoms with van der Waals surface area (Å²) in [6, 6.07) is 8.15. The van der Waals surface area contributed by atoms with E-state index in [0.717, 1.165) is 11.9 Å². The molecule has 3 aromatic heterocycles. The molecule has 0 fully saturated rings. The predicted molar refractivity (Wildman–Crippen MR) is 99.4 cm³/mol. The molecule has 0 bridgehead atoms. The summed E-state index contributed by atoms with van der Waals surface area (Å²) in [5.74, 6) is 0.339. The van der Waals surface area contributed by atoms with Crippen molar-refractivity contribution in [2.75, 3.05) is 12.3 Å². The summed E-state index contributed by atoms with van der Waals surface area (Å²) in [6.45, 7) is 1.09. The first-order valence-electron chi connectivity index (χ1n) is 8.45. The summed E-state index contributed by atoms with van der Waals surface area (Å²) in [4.78, 5) is 27.7. The Balaban J connectivity index is 1.31. The number of imidazole rings is 1. The van der Waals surface area contributed by atoms with Gasteiger partial charge in [0.15, 0.2) is 11.5 Å². The number of nitrogens with two attached hydrogens (primary N) is 1. The van der Waals surface area contributed by atoms with E-state index in [9.17, 15) is 4.79 Å². The molecular weight excluding hydrogens is 330 g/mol. The predicted octanol–water partition coefficient (Wildman–Crippen LogP) is 1.64. The maximum Gasteiger partial charge on any atom is 0.221 e. The van der Waals surface area contributed by atoms with Crippen molar-refractivity contribution in [2.45, 2.75) is 19.4 Å². The molecule has 1 amide bonds. The number of nitrogens with one attached hydrogen (secondary N) is 2. The van der Waals surface area contributed by atoms with Crippen molar-refractivity contribution in [1.29, 1.82) is 0 Å². The standard InChI is InChI=1S/C18H19N7O/c19-17-16-18(23-10-22-17)25(11-24-16)8-6-15(26)20-7-5-12-9-21-14-4-2-1-3-13(12)14/h1-4,9-11,21H,5-8H2,(H,20,26)(H2,19,22,23). The highest BCUT2D eigenvalue weighted by molar-refractivity contribution is 5.83. The Morgan fingerprint density at radius 3 is 3.04 bits per heavy atom.